The molecule has 1 aromatic heterocycles. The van der Waals surface area contributed by atoms with E-state index in [0.717, 1.165) is 38.0 Å². The van der Waals surface area contributed by atoms with E-state index in [1.54, 1.807) is 6.07 Å². The lowest BCUT2D eigenvalue weighted by molar-refractivity contribution is -0.125. The largest absolute Gasteiger partial charge is 0.417 e. The summed E-state index contributed by atoms with van der Waals surface area (Å²) >= 11 is 0. The zero-order valence-corrected chi connectivity index (χ0v) is 17.0. The summed E-state index contributed by atoms with van der Waals surface area (Å²) in [5, 5.41) is 3.49. The normalized spacial score (nSPS) is 23.3. The van der Waals surface area contributed by atoms with Crippen LogP contribution in [0.2, 0.25) is 0 Å². The minimum absolute atomic E-state index is 0.164. The van der Waals surface area contributed by atoms with Gasteiger partial charge in [0, 0.05) is 12.6 Å². The van der Waals surface area contributed by atoms with E-state index in [0.29, 0.717) is 17.0 Å². The molecule has 1 aliphatic heterocycles. The summed E-state index contributed by atoms with van der Waals surface area (Å²) < 4.78 is 5.12. The van der Waals surface area contributed by atoms with Crippen LogP contribution < -0.4 is 11.1 Å². The lowest BCUT2D eigenvalue weighted by Crippen LogP contribution is -2.50. The standard InChI is InChI=1S/C23H31N3O3/c27-21(23(10-11-23)17-8-9-20-18(14-17)25-22(28)29-20)24-19(15-26-12-4-5-13-26)16-6-2-1-3-7-16/h8-9,14,16,19H,1-7,10-13,15H2,(H,24,27)(H,25,28). The van der Waals surface area contributed by atoms with Gasteiger partial charge >= 0.3 is 5.76 Å². The van der Waals surface area contributed by atoms with Crippen LogP contribution in [0.4, 0.5) is 0 Å². The van der Waals surface area contributed by atoms with Crippen molar-refractivity contribution in [2.45, 2.75) is 69.2 Å². The molecule has 3 fully saturated rings. The van der Waals surface area contributed by atoms with E-state index < -0.39 is 11.2 Å². The van der Waals surface area contributed by atoms with E-state index in [4.69, 9.17) is 4.42 Å². The zero-order valence-electron chi connectivity index (χ0n) is 17.0. The van der Waals surface area contributed by atoms with Gasteiger partial charge in [0.25, 0.3) is 0 Å². The first kappa shape index (κ1) is 18.9. The van der Waals surface area contributed by atoms with E-state index in [1.807, 2.05) is 12.1 Å². The maximum Gasteiger partial charge on any atom is 0.417 e. The van der Waals surface area contributed by atoms with Gasteiger partial charge in [-0.2, -0.15) is 0 Å². The lowest BCUT2D eigenvalue weighted by atomic mass is 9.83. The minimum atomic E-state index is -0.450. The molecule has 29 heavy (non-hydrogen) atoms. The Kier molecular flexibility index (Phi) is 4.98. The molecule has 1 atom stereocenters. The number of nitrogens with zero attached hydrogens (tertiary/aromatic N) is 1. The summed E-state index contributed by atoms with van der Waals surface area (Å²) in [6, 6.07) is 5.92. The van der Waals surface area contributed by atoms with Crippen LogP contribution in [0.25, 0.3) is 11.1 Å². The Labute approximate surface area is 171 Å². The van der Waals surface area contributed by atoms with E-state index in [-0.39, 0.29) is 11.9 Å². The van der Waals surface area contributed by atoms with Gasteiger partial charge in [0.15, 0.2) is 5.58 Å². The second-order valence-corrected chi connectivity index (χ2v) is 9.29. The highest BCUT2D eigenvalue weighted by Crippen LogP contribution is 2.49. The Morgan fingerprint density at radius 2 is 1.93 bits per heavy atom. The highest BCUT2D eigenvalue weighted by molar-refractivity contribution is 5.92. The zero-order chi connectivity index (χ0) is 19.8. The molecule has 1 aromatic carbocycles. The molecule has 3 aliphatic rings. The molecular formula is C23H31N3O3. The maximum atomic E-state index is 13.5. The van der Waals surface area contributed by atoms with E-state index in [9.17, 15) is 9.59 Å². The number of benzene rings is 1. The highest BCUT2D eigenvalue weighted by Gasteiger charge is 2.52. The van der Waals surface area contributed by atoms with Gasteiger partial charge < -0.3 is 14.6 Å². The Morgan fingerprint density at radius 1 is 1.17 bits per heavy atom. The summed E-state index contributed by atoms with van der Waals surface area (Å²) in [4.78, 5) is 30.2. The Bertz CT molecular complexity index is 930. The number of likely N-dealkylation sites (tertiary alicyclic amines) is 1. The first-order chi connectivity index (χ1) is 14.1. The predicted molar refractivity (Wildman–Crippen MR) is 112 cm³/mol. The molecule has 2 aromatic rings. The van der Waals surface area contributed by atoms with Crippen LogP contribution in [0.15, 0.2) is 27.4 Å². The molecule has 0 radical (unpaired) electrons. The SMILES string of the molecule is O=C(NC(CN1CCCC1)C1CCCCC1)C1(c2ccc3oc(=O)[nH]c3c2)CC1. The number of amides is 1. The van der Waals surface area contributed by atoms with Crippen LogP contribution in [0, 0.1) is 5.92 Å². The molecule has 0 bridgehead atoms. The van der Waals surface area contributed by atoms with Crippen LogP contribution >= 0.6 is 0 Å². The first-order valence-corrected chi connectivity index (χ1v) is 11.3. The van der Waals surface area contributed by atoms with Gasteiger partial charge in [-0.05, 0) is 75.2 Å². The van der Waals surface area contributed by atoms with Gasteiger partial charge in [-0.25, -0.2) is 4.79 Å². The summed E-state index contributed by atoms with van der Waals surface area (Å²) in [5.74, 6) is 0.309. The molecule has 2 heterocycles. The second-order valence-electron chi connectivity index (χ2n) is 9.29. The smallest absolute Gasteiger partial charge is 0.408 e. The molecule has 2 aliphatic carbocycles. The Balaban J connectivity index is 1.35. The molecule has 2 N–H and O–H groups in total. The number of carbonyl (C=O) groups excluding carboxylic acids is 1. The average molecular weight is 398 g/mol. The topological polar surface area (TPSA) is 78.3 Å². The number of hydrogen-bond donors (Lipinski definition) is 2. The van der Waals surface area contributed by atoms with Crippen molar-refractivity contribution in [1.29, 1.82) is 0 Å². The quantitative estimate of drug-likeness (QED) is 0.784. The van der Waals surface area contributed by atoms with Crippen molar-refractivity contribution >= 4 is 17.0 Å². The van der Waals surface area contributed by atoms with Gasteiger partial charge in [0.2, 0.25) is 5.91 Å². The molecule has 6 nitrogen and oxygen atoms in total. The van der Waals surface area contributed by atoms with Crippen molar-refractivity contribution in [2.75, 3.05) is 19.6 Å². The third-order valence-electron chi connectivity index (χ3n) is 7.35. The van der Waals surface area contributed by atoms with Crippen molar-refractivity contribution in [2.24, 2.45) is 5.92 Å². The van der Waals surface area contributed by atoms with Crippen LogP contribution in [0.1, 0.15) is 63.4 Å². The monoisotopic (exact) mass is 397 g/mol. The van der Waals surface area contributed by atoms with Crippen LogP contribution in [-0.2, 0) is 10.2 Å². The van der Waals surface area contributed by atoms with Gasteiger partial charge in [0.1, 0.15) is 0 Å². The van der Waals surface area contributed by atoms with Gasteiger partial charge in [-0.1, -0.05) is 25.3 Å². The Morgan fingerprint density at radius 3 is 2.66 bits per heavy atom. The molecule has 1 unspecified atom stereocenters. The number of rotatable bonds is 6. The van der Waals surface area contributed by atoms with Crippen molar-refractivity contribution in [3.8, 4) is 0 Å². The predicted octanol–water partition coefficient (Wildman–Crippen LogP) is 3.31. The third-order valence-corrected chi connectivity index (χ3v) is 7.35. The van der Waals surface area contributed by atoms with Gasteiger partial charge in [0.05, 0.1) is 10.9 Å². The lowest BCUT2D eigenvalue weighted by Gasteiger charge is -2.34. The van der Waals surface area contributed by atoms with Crippen LogP contribution in [0.5, 0.6) is 0 Å². The number of fused-ring (bicyclic) bond motifs is 1. The number of oxazole rings is 1. The van der Waals surface area contributed by atoms with Crippen LogP contribution in [-0.4, -0.2) is 41.5 Å². The van der Waals surface area contributed by atoms with Crippen molar-refractivity contribution in [3.63, 3.8) is 0 Å². The summed E-state index contributed by atoms with van der Waals surface area (Å²) in [7, 11) is 0. The number of nitrogens with one attached hydrogen (secondary N) is 2. The Hall–Kier alpha value is -2.08. The number of H-pyrrole nitrogens is 1. The molecule has 6 heteroatoms. The minimum Gasteiger partial charge on any atom is -0.408 e. The molecular weight excluding hydrogens is 366 g/mol. The summed E-state index contributed by atoms with van der Waals surface area (Å²) in [6.45, 7) is 3.31. The summed E-state index contributed by atoms with van der Waals surface area (Å²) in [5.41, 5.74) is 1.76. The fraction of sp³-hybridized carbons (Fsp3) is 0.652. The van der Waals surface area contributed by atoms with E-state index in [2.05, 4.69) is 15.2 Å². The molecule has 0 spiro atoms. The maximum absolute atomic E-state index is 13.5. The molecule has 2 saturated carbocycles. The fourth-order valence-electron chi connectivity index (χ4n) is 5.42. The first-order valence-electron chi connectivity index (χ1n) is 11.3. The van der Waals surface area contributed by atoms with Crippen molar-refractivity contribution in [1.82, 2.24) is 15.2 Å². The number of carbonyl (C=O) groups is 1. The fourth-order valence-corrected chi connectivity index (χ4v) is 5.42. The second kappa shape index (κ2) is 7.63. The van der Waals surface area contributed by atoms with Crippen LogP contribution in [0.3, 0.4) is 0 Å². The average Bonchev–Trinajstić information content (AvgIpc) is 3.22. The van der Waals surface area contributed by atoms with Crippen molar-refractivity contribution in [3.05, 3.63) is 34.3 Å². The number of aromatic amines is 1. The van der Waals surface area contributed by atoms with E-state index >= 15 is 0 Å². The molecule has 1 amide bonds. The molecule has 5 rings (SSSR count). The number of hydrogen-bond acceptors (Lipinski definition) is 4. The third kappa shape index (κ3) is 3.75. The van der Waals surface area contributed by atoms with Crippen molar-refractivity contribution < 1.29 is 9.21 Å². The number of aromatic nitrogens is 1. The van der Waals surface area contributed by atoms with E-state index in [1.165, 1.54) is 44.9 Å². The summed E-state index contributed by atoms with van der Waals surface area (Å²) in [6.07, 6.45) is 10.6. The molecule has 156 valence electrons. The highest BCUT2D eigenvalue weighted by atomic mass is 16.4. The molecule has 1 saturated heterocycles. The van der Waals surface area contributed by atoms with Gasteiger partial charge in [-0.3, -0.25) is 9.78 Å². The van der Waals surface area contributed by atoms with Gasteiger partial charge in [-0.15, -0.1) is 0 Å².